The molecule has 2 rings (SSSR count). The lowest BCUT2D eigenvalue weighted by Crippen LogP contribution is -1.85. The summed E-state index contributed by atoms with van der Waals surface area (Å²) < 4.78 is 25.7. The van der Waals surface area contributed by atoms with Crippen molar-refractivity contribution in [1.82, 2.24) is 0 Å². The molecule has 3 heteroatoms. The van der Waals surface area contributed by atoms with E-state index in [1.54, 1.807) is 30.3 Å². The zero-order valence-electron chi connectivity index (χ0n) is 9.55. The molecule has 1 nitrogen and oxygen atoms in total. The van der Waals surface area contributed by atoms with Crippen LogP contribution in [0.5, 0.6) is 0 Å². The molecule has 2 aromatic rings. The van der Waals surface area contributed by atoms with Gasteiger partial charge in [0.1, 0.15) is 5.70 Å². The van der Waals surface area contributed by atoms with E-state index >= 15 is 0 Å². The smallest absolute Gasteiger partial charge is 0.250 e. The Morgan fingerprint density at radius 2 is 1.39 bits per heavy atom. The minimum absolute atomic E-state index is 0.292. The van der Waals surface area contributed by atoms with Crippen LogP contribution >= 0.6 is 0 Å². The molecule has 0 spiro atoms. The Kier molecular flexibility index (Phi) is 3.97. The van der Waals surface area contributed by atoms with Gasteiger partial charge in [-0.2, -0.15) is 8.78 Å². The van der Waals surface area contributed by atoms with Gasteiger partial charge in [0.2, 0.25) is 0 Å². The van der Waals surface area contributed by atoms with E-state index in [4.69, 9.17) is 0 Å². The van der Waals surface area contributed by atoms with Gasteiger partial charge in [-0.15, -0.1) is 0 Å². The first kappa shape index (κ1) is 12.2. The van der Waals surface area contributed by atoms with Gasteiger partial charge in [0.15, 0.2) is 0 Å². The predicted molar refractivity (Wildman–Crippen MR) is 69.6 cm³/mol. The highest BCUT2D eigenvalue weighted by molar-refractivity contribution is 5.85. The molecule has 0 aromatic heterocycles. The molecule has 0 aliphatic rings. The van der Waals surface area contributed by atoms with Gasteiger partial charge >= 0.3 is 0 Å². The van der Waals surface area contributed by atoms with Crippen LogP contribution in [0.15, 0.2) is 71.7 Å². The standard InChI is InChI=1S/C15H11F2N/c16-15(17)14(13-9-5-2-6-10-13)18-11-12-7-3-1-4-8-12/h1-11H. The Balaban J connectivity index is 2.30. The van der Waals surface area contributed by atoms with Crippen LogP contribution in [-0.4, -0.2) is 6.21 Å². The third-order valence-corrected chi connectivity index (χ3v) is 2.37. The van der Waals surface area contributed by atoms with Crippen molar-refractivity contribution in [3.8, 4) is 0 Å². The second-order valence-electron chi connectivity index (χ2n) is 3.64. The van der Waals surface area contributed by atoms with Crippen molar-refractivity contribution in [1.29, 1.82) is 0 Å². The third-order valence-electron chi connectivity index (χ3n) is 2.37. The van der Waals surface area contributed by atoms with Gasteiger partial charge in [0.25, 0.3) is 6.08 Å². The first-order valence-electron chi connectivity index (χ1n) is 5.47. The summed E-state index contributed by atoms with van der Waals surface area (Å²) in [6.07, 6.45) is -0.352. The number of halogens is 2. The fourth-order valence-corrected chi connectivity index (χ4v) is 1.51. The molecular weight excluding hydrogens is 232 g/mol. The minimum Gasteiger partial charge on any atom is -0.250 e. The Morgan fingerprint density at radius 3 is 1.94 bits per heavy atom. The van der Waals surface area contributed by atoms with E-state index in [1.807, 2.05) is 30.3 Å². The fraction of sp³-hybridized carbons (Fsp3) is 0. The lowest BCUT2D eigenvalue weighted by molar-refractivity contribution is 0.424. The van der Waals surface area contributed by atoms with Crippen LogP contribution in [0.2, 0.25) is 0 Å². The van der Waals surface area contributed by atoms with Crippen molar-refractivity contribution in [3.05, 3.63) is 77.9 Å². The lowest BCUT2D eigenvalue weighted by Gasteiger charge is -2.00. The number of hydrogen-bond acceptors (Lipinski definition) is 1. The maximum absolute atomic E-state index is 12.9. The van der Waals surface area contributed by atoms with Crippen LogP contribution in [-0.2, 0) is 0 Å². The lowest BCUT2D eigenvalue weighted by atomic mass is 10.2. The van der Waals surface area contributed by atoms with Gasteiger partial charge < -0.3 is 0 Å². The summed E-state index contributed by atoms with van der Waals surface area (Å²) in [5.74, 6) is 0. The van der Waals surface area contributed by atoms with Crippen LogP contribution in [0.4, 0.5) is 8.78 Å². The van der Waals surface area contributed by atoms with Crippen molar-refractivity contribution >= 4 is 11.9 Å². The quantitative estimate of drug-likeness (QED) is 0.710. The number of rotatable bonds is 3. The molecule has 0 heterocycles. The Morgan fingerprint density at radius 1 is 0.833 bits per heavy atom. The van der Waals surface area contributed by atoms with Gasteiger partial charge in [-0.05, 0) is 5.56 Å². The normalized spacial score (nSPS) is 10.6. The number of benzene rings is 2. The minimum atomic E-state index is -1.78. The molecule has 0 saturated carbocycles. The average molecular weight is 243 g/mol. The molecule has 2 aromatic carbocycles. The number of nitrogens with zero attached hydrogens (tertiary/aromatic N) is 1. The van der Waals surface area contributed by atoms with Gasteiger partial charge in [0.05, 0.1) is 0 Å². The molecule has 0 fully saturated rings. The Bertz CT molecular complexity index is 556. The van der Waals surface area contributed by atoms with Crippen LogP contribution < -0.4 is 0 Å². The van der Waals surface area contributed by atoms with Crippen molar-refractivity contribution in [2.24, 2.45) is 4.99 Å². The maximum Gasteiger partial charge on any atom is 0.296 e. The predicted octanol–water partition coefficient (Wildman–Crippen LogP) is 4.37. The third kappa shape index (κ3) is 3.10. The van der Waals surface area contributed by atoms with E-state index in [2.05, 4.69) is 4.99 Å². The SMILES string of the molecule is FC(F)=C(N=Cc1ccccc1)c1ccccc1. The maximum atomic E-state index is 12.9. The van der Waals surface area contributed by atoms with Crippen LogP contribution in [0.1, 0.15) is 11.1 Å². The first-order valence-corrected chi connectivity index (χ1v) is 5.47. The van der Waals surface area contributed by atoms with Crippen molar-refractivity contribution in [3.63, 3.8) is 0 Å². The molecule has 0 N–H and O–H groups in total. The van der Waals surface area contributed by atoms with Crippen molar-refractivity contribution in [2.75, 3.05) is 0 Å². The van der Waals surface area contributed by atoms with E-state index in [0.29, 0.717) is 5.56 Å². The van der Waals surface area contributed by atoms with Gasteiger partial charge in [-0.1, -0.05) is 60.7 Å². The molecule has 90 valence electrons. The molecule has 0 aliphatic carbocycles. The van der Waals surface area contributed by atoms with Crippen LogP contribution in [0.25, 0.3) is 5.70 Å². The summed E-state index contributed by atoms with van der Waals surface area (Å²) in [5.41, 5.74) is 0.899. The molecule has 0 bridgehead atoms. The van der Waals surface area contributed by atoms with E-state index in [1.165, 1.54) is 6.21 Å². The monoisotopic (exact) mass is 243 g/mol. The summed E-state index contributed by atoms with van der Waals surface area (Å²) in [6.45, 7) is 0. The fourth-order valence-electron chi connectivity index (χ4n) is 1.51. The molecule has 0 saturated heterocycles. The largest absolute Gasteiger partial charge is 0.296 e. The summed E-state index contributed by atoms with van der Waals surface area (Å²) >= 11 is 0. The molecule has 0 atom stereocenters. The summed E-state index contributed by atoms with van der Waals surface area (Å²) in [6, 6.07) is 17.5. The highest BCUT2D eigenvalue weighted by Crippen LogP contribution is 2.21. The second-order valence-corrected chi connectivity index (χ2v) is 3.64. The molecule has 0 amide bonds. The molecule has 0 radical (unpaired) electrons. The first-order chi connectivity index (χ1) is 8.77. The van der Waals surface area contributed by atoms with E-state index in [0.717, 1.165) is 5.56 Å². The number of aliphatic imine (C=N–C) groups is 1. The van der Waals surface area contributed by atoms with Crippen molar-refractivity contribution < 1.29 is 8.78 Å². The van der Waals surface area contributed by atoms with Crippen LogP contribution in [0, 0.1) is 0 Å². The molecule has 18 heavy (non-hydrogen) atoms. The van der Waals surface area contributed by atoms with E-state index < -0.39 is 6.08 Å². The van der Waals surface area contributed by atoms with Gasteiger partial charge in [-0.3, -0.25) is 0 Å². The molecule has 0 unspecified atom stereocenters. The number of hydrogen-bond donors (Lipinski definition) is 0. The summed E-state index contributed by atoms with van der Waals surface area (Å²) in [7, 11) is 0. The average Bonchev–Trinajstić information content (AvgIpc) is 2.41. The zero-order valence-corrected chi connectivity index (χ0v) is 9.55. The zero-order chi connectivity index (χ0) is 12.8. The van der Waals surface area contributed by atoms with E-state index in [9.17, 15) is 8.78 Å². The van der Waals surface area contributed by atoms with Gasteiger partial charge in [-0.25, -0.2) is 4.99 Å². The highest BCUT2D eigenvalue weighted by Gasteiger charge is 2.06. The summed E-state index contributed by atoms with van der Waals surface area (Å²) in [4.78, 5) is 3.87. The Labute approximate surface area is 104 Å². The summed E-state index contributed by atoms with van der Waals surface area (Å²) in [5, 5.41) is 0. The van der Waals surface area contributed by atoms with Crippen LogP contribution in [0.3, 0.4) is 0 Å². The topological polar surface area (TPSA) is 12.4 Å². The van der Waals surface area contributed by atoms with E-state index in [-0.39, 0.29) is 5.70 Å². The van der Waals surface area contributed by atoms with Crippen molar-refractivity contribution in [2.45, 2.75) is 0 Å². The highest BCUT2D eigenvalue weighted by atomic mass is 19.3. The Hall–Kier alpha value is -2.29. The van der Waals surface area contributed by atoms with Gasteiger partial charge in [0, 0.05) is 11.8 Å². The second kappa shape index (κ2) is 5.87. The molecular formula is C15H11F2N. The molecule has 0 aliphatic heterocycles.